The minimum Gasteiger partial charge on any atom is -0.371 e. The lowest BCUT2D eigenvalue weighted by molar-refractivity contribution is -0.138. The zero-order chi connectivity index (χ0) is 19.6. The average Bonchev–Trinajstić information content (AvgIpc) is 2.92. The van der Waals surface area contributed by atoms with Crippen molar-refractivity contribution < 1.29 is 18.0 Å². The van der Waals surface area contributed by atoms with Crippen LogP contribution < -0.4 is 16.2 Å². The molecule has 0 spiro atoms. The zero-order valence-electron chi connectivity index (χ0n) is 15.6. The topological polar surface area (TPSA) is 53.2 Å². The van der Waals surface area contributed by atoms with Gasteiger partial charge in [0.15, 0.2) is 5.78 Å². The number of halogens is 3. The third-order valence-corrected chi connectivity index (χ3v) is 5.98. The second-order valence-corrected chi connectivity index (χ2v) is 8.67. The summed E-state index contributed by atoms with van der Waals surface area (Å²) in [4.78, 5) is 13.1. The minimum absolute atomic E-state index is 0.0479. The van der Waals surface area contributed by atoms with E-state index >= 15 is 0 Å². The SMILES string of the molecule is CC1NNC2NC3=C(C(=O)CC(C)(C)C3)C(c3ccccc3C(F)(F)F)C12. The number of hydrazine groups is 1. The molecule has 0 radical (unpaired) electrons. The van der Waals surface area contributed by atoms with Crippen LogP contribution in [-0.4, -0.2) is 18.0 Å². The van der Waals surface area contributed by atoms with Crippen molar-refractivity contribution in [3.05, 3.63) is 46.7 Å². The largest absolute Gasteiger partial charge is 0.416 e. The standard InChI is InChI=1S/C20H24F3N3O/c1-10-15-16(11-6-4-5-7-12(11)20(21,22)23)17-13(24-18(15)26-25-10)8-19(2,3)9-14(17)27/h4-7,10,15-16,18,24-26H,8-9H2,1-3H3. The van der Waals surface area contributed by atoms with Crippen molar-refractivity contribution in [2.75, 3.05) is 0 Å². The van der Waals surface area contributed by atoms with E-state index in [1.54, 1.807) is 6.07 Å². The number of Topliss-reactive ketones (excluding diaryl/α,β-unsaturated/α-hetero) is 1. The maximum atomic E-state index is 13.7. The van der Waals surface area contributed by atoms with E-state index in [4.69, 9.17) is 0 Å². The van der Waals surface area contributed by atoms with Crippen LogP contribution in [0.15, 0.2) is 35.5 Å². The number of hydrogen-bond donors (Lipinski definition) is 3. The number of benzene rings is 1. The Labute approximate surface area is 156 Å². The third-order valence-electron chi connectivity index (χ3n) is 5.98. The second kappa shape index (κ2) is 6.07. The van der Waals surface area contributed by atoms with Crippen LogP contribution in [0.3, 0.4) is 0 Å². The van der Waals surface area contributed by atoms with E-state index in [-0.39, 0.29) is 34.9 Å². The van der Waals surface area contributed by atoms with Crippen molar-refractivity contribution in [1.29, 1.82) is 0 Å². The summed E-state index contributed by atoms with van der Waals surface area (Å²) in [6.45, 7) is 5.97. The molecule has 2 heterocycles. The molecule has 4 atom stereocenters. The van der Waals surface area contributed by atoms with Crippen molar-refractivity contribution in [2.45, 2.75) is 57.9 Å². The summed E-state index contributed by atoms with van der Waals surface area (Å²) in [6, 6.07) is 5.59. The van der Waals surface area contributed by atoms with E-state index in [1.807, 2.05) is 20.8 Å². The van der Waals surface area contributed by atoms with Crippen LogP contribution in [0.5, 0.6) is 0 Å². The van der Waals surface area contributed by atoms with Crippen LogP contribution in [0.1, 0.15) is 50.7 Å². The molecule has 27 heavy (non-hydrogen) atoms. The van der Waals surface area contributed by atoms with Gasteiger partial charge in [-0.3, -0.25) is 10.2 Å². The molecule has 2 aliphatic heterocycles. The summed E-state index contributed by atoms with van der Waals surface area (Å²) in [5.41, 5.74) is 6.93. The molecule has 1 aliphatic carbocycles. The van der Waals surface area contributed by atoms with Crippen LogP contribution >= 0.6 is 0 Å². The van der Waals surface area contributed by atoms with E-state index in [0.29, 0.717) is 18.4 Å². The molecule has 1 fully saturated rings. The first-order valence-electron chi connectivity index (χ1n) is 9.28. The molecule has 1 aromatic rings. The molecule has 0 aromatic heterocycles. The Balaban J connectivity index is 1.92. The number of nitrogens with one attached hydrogen (secondary N) is 3. The third kappa shape index (κ3) is 3.06. The molecule has 4 unspecified atom stereocenters. The highest BCUT2D eigenvalue weighted by Gasteiger charge is 2.51. The molecule has 146 valence electrons. The molecule has 1 saturated heterocycles. The Morgan fingerprint density at radius 1 is 1.11 bits per heavy atom. The van der Waals surface area contributed by atoms with Gasteiger partial charge in [0.1, 0.15) is 0 Å². The Kier molecular flexibility index (Phi) is 4.16. The van der Waals surface area contributed by atoms with Crippen molar-refractivity contribution in [1.82, 2.24) is 16.2 Å². The normalized spacial score (nSPS) is 32.7. The van der Waals surface area contributed by atoms with Gasteiger partial charge >= 0.3 is 6.18 Å². The molecule has 0 bridgehead atoms. The summed E-state index contributed by atoms with van der Waals surface area (Å²) in [6.07, 6.45) is -3.67. The van der Waals surface area contributed by atoms with Gasteiger partial charge in [-0.15, -0.1) is 0 Å². The minimum atomic E-state index is -4.46. The number of hydrogen-bond acceptors (Lipinski definition) is 4. The summed E-state index contributed by atoms with van der Waals surface area (Å²) in [7, 11) is 0. The summed E-state index contributed by atoms with van der Waals surface area (Å²) in [5, 5.41) is 3.40. The van der Waals surface area contributed by atoms with Gasteiger partial charge in [0.25, 0.3) is 0 Å². The highest BCUT2D eigenvalue weighted by Crippen LogP contribution is 2.50. The fourth-order valence-electron chi connectivity index (χ4n) is 4.91. The van der Waals surface area contributed by atoms with Gasteiger partial charge in [0.2, 0.25) is 0 Å². The Morgan fingerprint density at radius 2 is 1.81 bits per heavy atom. The number of rotatable bonds is 1. The number of ketones is 1. The van der Waals surface area contributed by atoms with Crippen LogP contribution in [0.4, 0.5) is 13.2 Å². The first-order chi connectivity index (χ1) is 12.6. The fraction of sp³-hybridized carbons (Fsp3) is 0.550. The van der Waals surface area contributed by atoms with Gasteiger partial charge < -0.3 is 5.32 Å². The first-order valence-corrected chi connectivity index (χ1v) is 9.28. The van der Waals surface area contributed by atoms with Crippen molar-refractivity contribution in [3.8, 4) is 0 Å². The van der Waals surface area contributed by atoms with Crippen molar-refractivity contribution >= 4 is 5.78 Å². The molecule has 4 rings (SSSR count). The molecular weight excluding hydrogens is 355 g/mol. The Hall–Kier alpha value is -1.86. The molecule has 7 heteroatoms. The van der Waals surface area contributed by atoms with E-state index in [0.717, 1.165) is 11.8 Å². The van der Waals surface area contributed by atoms with Gasteiger partial charge in [-0.25, -0.2) is 5.43 Å². The van der Waals surface area contributed by atoms with Crippen LogP contribution in [0.25, 0.3) is 0 Å². The summed E-state index contributed by atoms with van der Waals surface area (Å²) < 4.78 is 41.2. The maximum Gasteiger partial charge on any atom is 0.416 e. The quantitative estimate of drug-likeness (QED) is 0.699. The van der Waals surface area contributed by atoms with Gasteiger partial charge in [0.05, 0.1) is 11.7 Å². The van der Waals surface area contributed by atoms with E-state index in [1.165, 1.54) is 12.1 Å². The van der Waals surface area contributed by atoms with E-state index in [9.17, 15) is 18.0 Å². The lowest BCUT2D eigenvalue weighted by Crippen LogP contribution is -2.52. The number of carbonyl (C=O) groups is 1. The molecule has 1 aromatic carbocycles. The van der Waals surface area contributed by atoms with Crippen LogP contribution in [0, 0.1) is 11.3 Å². The number of alkyl halides is 3. The van der Waals surface area contributed by atoms with Crippen LogP contribution in [-0.2, 0) is 11.0 Å². The number of carbonyl (C=O) groups excluding carboxylic acids is 1. The molecule has 0 saturated carbocycles. The van der Waals surface area contributed by atoms with Crippen molar-refractivity contribution in [3.63, 3.8) is 0 Å². The highest BCUT2D eigenvalue weighted by atomic mass is 19.4. The van der Waals surface area contributed by atoms with E-state index in [2.05, 4.69) is 16.2 Å². The molecule has 3 aliphatic rings. The van der Waals surface area contributed by atoms with Gasteiger partial charge in [0, 0.05) is 35.6 Å². The maximum absolute atomic E-state index is 13.7. The van der Waals surface area contributed by atoms with Gasteiger partial charge in [-0.2, -0.15) is 13.2 Å². The zero-order valence-corrected chi connectivity index (χ0v) is 15.6. The van der Waals surface area contributed by atoms with Gasteiger partial charge in [-0.1, -0.05) is 32.0 Å². The second-order valence-electron chi connectivity index (χ2n) is 8.67. The monoisotopic (exact) mass is 379 g/mol. The summed E-state index contributed by atoms with van der Waals surface area (Å²) in [5.74, 6) is -0.837. The lowest BCUT2D eigenvalue weighted by Gasteiger charge is -2.44. The lowest BCUT2D eigenvalue weighted by atomic mass is 9.65. The highest BCUT2D eigenvalue weighted by molar-refractivity contribution is 5.99. The number of fused-ring (bicyclic) bond motifs is 1. The smallest absolute Gasteiger partial charge is 0.371 e. The fourth-order valence-corrected chi connectivity index (χ4v) is 4.91. The molecule has 0 amide bonds. The Bertz CT molecular complexity index is 815. The van der Waals surface area contributed by atoms with Crippen LogP contribution in [0.2, 0.25) is 0 Å². The molecule has 4 nitrogen and oxygen atoms in total. The predicted molar refractivity (Wildman–Crippen MR) is 95.4 cm³/mol. The first kappa shape index (κ1) is 18.5. The molecular formula is C20H24F3N3O. The number of allylic oxidation sites excluding steroid dienone is 2. The van der Waals surface area contributed by atoms with Crippen molar-refractivity contribution in [2.24, 2.45) is 11.3 Å². The predicted octanol–water partition coefficient (Wildman–Crippen LogP) is 3.47. The molecule has 3 N–H and O–H groups in total. The summed E-state index contributed by atoms with van der Waals surface area (Å²) >= 11 is 0. The van der Waals surface area contributed by atoms with E-state index < -0.39 is 17.7 Å². The van der Waals surface area contributed by atoms with Gasteiger partial charge in [-0.05, 0) is 30.4 Å². The average molecular weight is 379 g/mol. The Morgan fingerprint density at radius 3 is 2.52 bits per heavy atom.